The molecule has 75 heavy (non-hydrogen) atoms. The minimum Gasteiger partial charge on any atom is -0.344 e. The van der Waals surface area contributed by atoms with Crippen molar-refractivity contribution in [3.8, 4) is 44.8 Å². The van der Waals surface area contributed by atoms with Crippen molar-refractivity contribution in [1.82, 2.24) is 14.5 Å². The first-order chi connectivity index (χ1) is 37.2. The summed E-state index contributed by atoms with van der Waals surface area (Å²) < 4.78 is 7.53. The Kier molecular flexibility index (Phi) is 10.1. The number of rotatable bonds is 8. The fraction of sp³-hybridized carbons (Fsp3) is 0.0145. The van der Waals surface area contributed by atoms with E-state index in [2.05, 4.69) is 275 Å². The van der Waals surface area contributed by atoms with Gasteiger partial charge in [0.1, 0.15) is 12.0 Å². The van der Waals surface area contributed by atoms with Crippen LogP contribution in [0.4, 0.5) is 0 Å². The number of benzene rings is 11. The van der Waals surface area contributed by atoms with Crippen molar-refractivity contribution in [3.63, 3.8) is 0 Å². The molecular formula is C69H45N5S. The van der Waals surface area contributed by atoms with Gasteiger partial charge in [0.2, 0.25) is 0 Å². The van der Waals surface area contributed by atoms with Crippen LogP contribution in [0, 0.1) is 0 Å². The van der Waals surface area contributed by atoms with E-state index in [4.69, 9.17) is 9.98 Å². The molecule has 5 nitrogen and oxygen atoms in total. The Morgan fingerprint density at radius 2 is 0.853 bits per heavy atom. The second-order valence-corrected chi connectivity index (χ2v) is 20.3. The SMILES string of the molecule is c1ccc(-c2cccc(C3=NC(c4cccc(-n5c6ccccc6c6ccc7c8ccc9c%10ccccc%10n(-c%10ccccc%10-c%10ccccc%10)c9c8sc7c65)c4)NC(c4cccc(-c5ccccc5)c4)=N3)c2)cc1. The van der Waals surface area contributed by atoms with Gasteiger partial charge in [-0.3, -0.25) is 0 Å². The summed E-state index contributed by atoms with van der Waals surface area (Å²) in [5.41, 5.74) is 17.0. The van der Waals surface area contributed by atoms with Crippen LogP contribution in [0.1, 0.15) is 22.9 Å². The summed E-state index contributed by atoms with van der Waals surface area (Å²) in [5.74, 6) is 1.46. The van der Waals surface area contributed by atoms with E-state index in [0.29, 0.717) is 5.84 Å². The van der Waals surface area contributed by atoms with E-state index < -0.39 is 6.17 Å². The van der Waals surface area contributed by atoms with Crippen molar-refractivity contribution in [2.45, 2.75) is 6.17 Å². The van der Waals surface area contributed by atoms with Crippen LogP contribution in [-0.2, 0) is 0 Å². The Balaban J connectivity index is 0.921. The second kappa shape index (κ2) is 17.6. The van der Waals surface area contributed by atoms with Crippen LogP contribution in [0.2, 0.25) is 0 Å². The zero-order chi connectivity index (χ0) is 49.4. The molecular weight excluding hydrogens is 931 g/mol. The topological polar surface area (TPSA) is 46.6 Å². The van der Waals surface area contributed by atoms with Crippen LogP contribution in [0.5, 0.6) is 0 Å². The van der Waals surface area contributed by atoms with Gasteiger partial charge >= 0.3 is 0 Å². The average molecular weight is 976 g/mol. The van der Waals surface area contributed by atoms with Crippen LogP contribution in [0.3, 0.4) is 0 Å². The molecule has 1 atom stereocenters. The van der Waals surface area contributed by atoms with E-state index in [9.17, 15) is 0 Å². The zero-order valence-electron chi connectivity index (χ0n) is 40.6. The molecule has 6 heteroatoms. The summed E-state index contributed by atoms with van der Waals surface area (Å²) in [6.45, 7) is 0. The van der Waals surface area contributed by atoms with Crippen LogP contribution >= 0.6 is 11.3 Å². The molecule has 0 spiro atoms. The highest BCUT2D eigenvalue weighted by atomic mass is 32.1. The molecule has 0 aliphatic carbocycles. The van der Waals surface area contributed by atoms with Crippen LogP contribution < -0.4 is 5.32 Å². The Labute approximate surface area is 437 Å². The molecule has 0 saturated carbocycles. The predicted molar refractivity (Wildman–Crippen MR) is 316 cm³/mol. The number of aromatic nitrogens is 2. The Bertz CT molecular complexity index is 4620. The molecule has 15 rings (SSSR count). The number of amidine groups is 2. The van der Waals surface area contributed by atoms with Crippen molar-refractivity contribution in [1.29, 1.82) is 0 Å². The lowest BCUT2D eigenvalue weighted by molar-refractivity contribution is 0.674. The summed E-state index contributed by atoms with van der Waals surface area (Å²) >= 11 is 1.91. The molecule has 352 valence electrons. The van der Waals surface area contributed by atoms with Gasteiger partial charge in [-0.15, -0.1) is 11.3 Å². The van der Waals surface area contributed by atoms with Crippen LogP contribution in [0.15, 0.2) is 271 Å². The normalized spacial score (nSPS) is 13.7. The summed E-state index contributed by atoms with van der Waals surface area (Å²) in [7, 11) is 0. The van der Waals surface area contributed by atoms with Gasteiger partial charge in [0, 0.05) is 54.7 Å². The fourth-order valence-corrected chi connectivity index (χ4v) is 12.9. The number of aliphatic imine (C=N–C) groups is 2. The second-order valence-electron chi connectivity index (χ2n) is 19.3. The van der Waals surface area contributed by atoms with Gasteiger partial charge < -0.3 is 14.5 Å². The van der Waals surface area contributed by atoms with Crippen LogP contribution in [0.25, 0.3) is 109 Å². The van der Waals surface area contributed by atoms with Gasteiger partial charge in [0.05, 0.1) is 37.2 Å². The molecule has 1 aliphatic heterocycles. The standard InChI is InChI=1S/C69H45N5S/c1-4-19-44(20-5-1)47-25-16-27-49(41-47)67-70-68(50-28-17-26-48(42-50)45-21-6-2-7-22-45)72-69(71-67)51-29-18-30-52(43-51)73-61-35-14-11-32-54(61)56-37-39-58-59-40-38-57-55-33-12-15-36-62(55)74(64(57)66(59)75-65(58)63(56)73)60-34-13-10-31-53(60)46-23-8-3-9-24-46/h1-43,69H,(H,70,71,72). The number of fused-ring (bicyclic) bond motifs is 11. The van der Waals surface area contributed by atoms with Crippen molar-refractivity contribution >= 4 is 86.8 Å². The fourth-order valence-electron chi connectivity index (χ4n) is 11.5. The van der Waals surface area contributed by atoms with Crippen LogP contribution in [-0.4, -0.2) is 20.8 Å². The molecule has 1 N–H and O–H groups in total. The first-order valence-corrected chi connectivity index (χ1v) is 26.3. The van der Waals surface area contributed by atoms with Gasteiger partial charge in [0.25, 0.3) is 0 Å². The molecule has 0 radical (unpaired) electrons. The van der Waals surface area contributed by atoms with E-state index in [0.717, 1.165) is 56.0 Å². The van der Waals surface area contributed by atoms with Gasteiger partial charge in [-0.25, -0.2) is 9.98 Å². The molecule has 3 aromatic heterocycles. The minimum absolute atomic E-state index is 0.431. The number of hydrogen-bond donors (Lipinski definition) is 1. The quantitative estimate of drug-likeness (QED) is 0.162. The molecule has 0 fully saturated rings. The highest BCUT2D eigenvalue weighted by molar-refractivity contribution is 7.27. The van der Waals surface area contributed by atoms with Gasteiger partial charge in [-0.1, -0.05) is 218 Å². The number of nitrogens with zero attached hydrogens (tertiary/aromatic N) is 4. The first-order valence-electron chi connectivity index (χ1n) is 25.5. The first kappa shape index (κ1) is 43.0. The third-order valence-corrected chi connectivity index (χ3v) is 16.2. The zero-order valence-corrected chi connectivity index (χ0v) is 41.4. The molecule has 14 aromatic rings. The molecule has 11 aromatic carbocycles. The molecule has 0 amide bonds. The van der Waals surface area contributed by atoms with Gasteiger partial charge in [-0.05, 0) is 75.8 Å². The van der Waals surface area contributed by atoms with Crippen molar-refractivity contribution in [2.24, 2.45) is 9.98 Å². The van der Waals surface area contributed by atoms with Crippen molar-refractivity contribution in [2.75, 3.05) is 0 Å². The summed E-state index contributed by atoms with van der Waals surface area (Å²) in [6, 6.07) is 93.9. The molecule has 1 aliphatic rings. The monoisotopic (exact) mass is 975 g/mol. The Morgan fingerprint density at radius 3 is 1.52 bits per heavy atom. The average Bonchev–Trinajstić information content (AvgIpc) is 4.17. The molecule has 1 unspecified atom stereocenters. The minimum atomic E-state index is -0.431. The summed E-state index contributed by atoms with van der Waals surface area (Å²) in [4.78, 5) is 10.8. The Hall–Kier alpha value is -9.62. The van der Waals surface area contributed by atoms with Crippen molar-refractivity contribution in [3.05, 3.63) is 278 Å². The van der Waals surface area contributed by atoms with E-state index in [-0.39, 0.29) is 0 Å². The third-order valence-electron chi connectivity index (χ3n) is 15.0. The van der Waals surface area contributed by atoms with E-state index in [1.807, 2.05) is 11.3 Å². The van der Waals surface area contributed by atoms with Gasteiger partial charge in [0.15, 0.2) is 5.84 Å². The summed E-state index contributed by atoms with van der Waals surface area (Å²) in [6.07, 6.45) is -0.431. The van der Waals surface area contributed by atoms with E-state index in [1.54, 1.807) is 0 Å². The lowest BCUT2D eigenvalue weighted by Crippen LogP contribution is -2.33. The number of thiophene rings is 1. The van der Waals surface area contributed by atoms with E-state index >= 15 is 0 Å². The Morgan fingerprint density at radius 1 is 0.360 bits per heavy atom. The van der Waals surface area contributed by atoms with Crippen molar-refractivity contribution < 1.29 is 0 Å². The van der Waals surface area contributed by atoms with Gasteiger partial charge in [-0.2, -0.15) is 0 Å². The summed E-state index contributed by atoms with van der Waals surface area (Å²) in [5, 5.41) is 11.3. The maximum absolute atomic E-state index is 5.45. The molecule has 0 bridgehead atoms. The lowest BCUT2D eigenvalue weighted by atomic mass is 10.0. The van der Waals surface area contributed by atoms with E-state index in [1.165, 1.54) is 75.1 Å². The molecule has 0 saturated heterocycles. The highest BCUT2D eigenvalue weighted by Crippen LogP contribution is 2.48. The number of para-hydroxylation sites is 3. The highest BCUT2D eigenvalue weighted by Gasteiger charge is 2.25. The maximum atomic E-state index is 5.45. The smallest absolute Gasteiger partial charge is 0.159 e. The third kappa shape index (κ3) is 7.14. The lowest BCUT2D eigenvalue weighted by Gasteiger charge is -2.24. The largest absolute Gasteiger partial charge is 0.344 e. The predicted octanol–water partition coefficient (Wildman–Crippen LogP) is 17.7. The number of hydrogen-bond acceptors (Lipinski definition) is 4. The molecule has 4 heterocycles. The maximum Gasteiger partial charge on any atom is 0.159 e. The number of nitrogens with one attached hydrogen (secondary N) is 1.